The van der Waals surface area contributed by atoms with Gasteiger partial charge >= 0.3 is 0 Å². The van der Waals surface area contributed by atoms with Crippen molar-refractivity contribution >= 4 is 21.6 Å². The summed E-state index contributed by atoms with van der Waals surface area (Å²) in [6, 6.07) is 11.9. The second-order valence-corrected chi connectivity index (χ2v) is 9.04. The molecule has 158 valence electrons. The zero-order valence-corrected chi connectivity index (χ0v) is 18.6. The Bertz CT molecular complexity index is 938. The van der Waals surface area contributed by atoms with E-state index in [1.54, 1.807) is 6.07 Å². The first-order chi connectivity index (χ1) is 13.7. The number of carbonyl (C=O) groups is 1. The summed E-state index contributed by atoms with van der Waals surface area (Å²) in [7, 11) is -3.72. The van der Waals surface area contributed by atoms with E-state index in [0.717, 1.165) is 24.2 Å². The zero-order chi connectivity index (χ0) is 21.6. The average Bonchev–Trinajstić information content (AvgIpc) is 2.68. The third kappa shape index (κ3) is 6.05. The van der Waals surface area contributed by atoms with E-state index >= 15 is 0 Å². The van der Waals surface area contributed by atoms with Gasteiger partial charge in [0.2, 0.25) is 0 Å². The van der Waals surface area contributed by atoms with Gasteiger partial charge in [0, 0.05) is 24.7 Å². The monoisotopic (exact) mass is 417 g/mol. The van der Waals surface area contributed by atoms with E-state index in [1.807, 2.05) is 26.0 Å². The highest BCUT2D eigenvalue weighted by molar-refractivity contribution is 7.92. The molecular formula is C22H31N3O3S. The molecule has 7 heteroatoms. The maximum absolute atomic E-state index is 12.7. The molecular weight excluding hydrogens is 386 g/mol. The van der Waals surface area contributed by atoms with Crippen molar-refractivity contribution in [2.75, 3.05) is 24.4 Å². The predicted molar refractivity (Wildman–Crippen MR) is 118 cm³/mol. The molecule has 0 atom stereocenters. The van der Waals surface area contributed by atoms with E-state index in [-0.39, 0.29) is 10.8 Å². The molecule has 0 saturated heterocycles. The number of rotatable bonds is 9. The van der Waals surface area contributed by atoms with Gasteiger partial charge in [-0.2, -0.15) is 0 Å². The molecule has 0 aromatic heterocycles. The molecule has 0 fully saturated rings. The molecule has 2 N–H and O–H groups in total. The van der Waals surface area contributed by atoms with Crippen molar-refractivity contribution in [1.29, 1.82) is 0 Å². The fourth-order valence-corrected chi connectivity index (χ4v) is 4.17. The first-order valence-electron chi connectivity index (χ1n) is 9.87. The minimum Gasteiger partial charge on any atom is -0.351 e. The summed E-state index contributed by atoms with van der Waals surface area (Å²) in [5.41, 5.74) is 2.88. The molecule has 0 bridgehead atoms. The highest BCUT2D eigenvalue weighted by Crippen LogP contribution is 2.22. The van der Waals surface area contributed by atoms with E-state index in [2.05, 4.69) is 35.7 Å². The van der Waals surface area contributed by atoms with Crippen LogP contribution in [0.3, 0.4) is 0 Å². The fraction of sp³-hybridized carbons (Fsp3) is 0.409. The first-order valence-corrected chi connectivity index (χ1v) is 11.4. The van der Waals surface area contributed by atoms with Crippen LogP contribution in [0.4, 0.5) is 5.69 Å². The third-order valence-corrected chi connectivity index (χ3v) is 6.48. The highest BCUT2D eigenvalue weighted by atomic mass is 32.2. The van der Waals surface area contributed by atoms with Gasteiger partial charge in [-0.15, -0.1) is 0 Å². The molecule has 0 aliphatic carbocycles. The molecule has 6 nitrogen and oxygen atoms in total. The number of hydrogen-bond donors (Lipinski definition) is 2. The molecule has 29 heavy (non-hydrogen) atoms. The van der Waals surface area contributed by atoms with Gasteiger partial charge in [-0.05, 0) is 75.7 Å². The van der Waals surface area contributed by atoms with E-state index in [0.29, 0.717) is 23.8 Å². The summed E-state index contributed by atoms with van der Waals surface area (Å²) in [5, 5.41) is 2.88. The normalized spacial score (nSPS) is 11.7. The Hall–Kier alpha value is -2.38. The number of benzene rings is 2. The van der Waals surface area contributed by atoms with Gasteiger partial charge in [0.15, 0.2) is 0 Å². The number of carbonyl (C=O) groups excluding carboxylic acids is 1. The van der Waals surface area contributed by atoms with Crippen molar-refractivity contribution in [3.63, 3.8) is 0 Å². The molecule has 2 aromatic carbocycles. The van der Waals surface area contributed by atoms with Gasteiger partial charge in [-0.3, -0.25) is 14.4 Å². The first kappa shape index (κ1) is 22.9. The van der Waals surface area contributed by atoms with Crippen LogP contribution in [-0.2, 0) is 10.0 Å². The maximum Gasteiger partial charge on any atom is 0.261 e. The van der Waals surface area contributed by atoms with Gasteiger partial charge in [0.1, 0.15) is 0 Å². The topological polar surface area (TPSA) is 78.5 Å². The number of sulfonamides is 1. The summed E-state index contributed by atoms with van der Waals surface area (Å²) >= 11 is 0. The van der Waals surface area contributed by atoms with Crippen LogP contribution >= 0.6 is 0 Å². The molecule has 0 radical (unpaired) electrons. The Balaban J connectivity index is 2.03. The molecule has 0 aliphatic rings. The molecule has 0 heterocycles. The van der Waals surface area contributed by atoms with Crippen LogP contribution in [0.25, 0.3) is 0 Å². The fourth-order valence-electron chi connectivity index (χ4n) is 3.05. The van der Waals surface area contributed by atoms with E-state index in [4.69, 9.17) is 0 Å². The van der Waals surface area contributed by atoms with E-state index < -0.39 is 10.0 Å². The van der Waals surface area contributed by atoms with Crippen molar-refractivity contribution in [3.05, 3.63) is 59.2 Å². The summed E-state index contributed by atoms with van der Waals surface area (Å²) in [6.07, 6.45) is 0. The Morgan fingerprint density at radius 1 is 1.07 bits per heavy atom. The lowest BCUT2D eigenvalue weighted by Gasteiger charge is -2.24. The van der Waals surface area contributed by atoms with Crippen molar-refractivity contribution in [1.82, 2.24) is 10.2 Å². The number of aryl methyl sites for hydroxylation is 1. The van der Waals surface area contributed by atoms with Crippen LogP contribution in [0.15, 0.2) is 47.4 Å². The van der Waals surface area contributed by atoms with Crippen LogP contribution in [0.5, 0.6) is 0 Å². The zero-order valence-electron chi connectivity index (χ0n) is 17.8. The van der Waals surface area contributed by atoms with Crippen molar-refractivity contribution in [2.45, 2.75) is 45.6 Å². The van der Waals surface area contributed by atoms with Gasteiger partial charge in [-0.1, -0.05) is 19.1 Å². The Labute approximate surface area is 174 Å². The molecule has 2 rings (SSSR count). The molecule has 0 spiro atoms. The molecule has 0 aliphatic heterocycles. The Morgan fingerprint density at radius 2 is 1.72 bits per heavy atom. The standard InChI is InChI=1S/C22H31N3O3S/c1-6-25(16(2)3)15-14-23-22(26)19-10-12-20(13-11-19)29(27,28)24-21-9-7-8-17(4)18(21)5/h7-13,16,24H,6,14-15H2,1-5H3,(H,23,26). The maximum atomic E-state index is 12.7. The number of amides is 1. The van der Waals surface area contributed by atoms with Crippen molar-refractivity contribution < 1.29 is 13.2 Å². The number of hydrogen-bond acceptors (Lipinski definition) is 4. The smallest absolute Gasteiger partial charge is 0.261 e. The van der Waals surface area contributed by atoms with Crippen LogP contribution in [0.2, 0.25) is 0 Å². The van der Waals surface area contributed by atoms with Gasteiger partial charge < -0.3 is 5.32 Å². The highest BCUT2D eigenvalue weighted by Gasteiger charge is 2.17. The number of anilines is 1. The number of nitrogens with one attached hydrogen (secondary N) is 2. The molecule has 2 aromatic rings. The lowest BCUT2D eigenvalue weighted by molar-refractivity contribution is 0.0946. The van der Waals surface area contributed by atoms with Gasteiger partial charge in [0.05, 0.1) is 10.6 Å². The van der Waals surface area contributed by atoms with Gasteiger partial charge in [-0.25, -0.2) is 8.42 Å². The Kier molecular flexibility index (Phi) is 7.81. The summed E-state index contributed by atoms with van der Waals surface area (Å²) < 4.78 is 28.0. The van der Waals surface area contributed by atoms with Crippen molar-refractivity contribution in [2.24, 2.45) is 0 Å². The SMILES string of the molecule is CCN(CCNC(=O)c1ccc(S(=O)(=O)Nc2cccc(C)c2C)cc1)C(C)C. The third-order valence-electron chi connectivity index (χ3n) is 5.10. The number of nitrogens with zero attached hydrogens (tertiary/aromatic N) is 1. The Morgan fingerprint density at radius 3 is 2.31 bits per heavy atom. The second kappa shape index (κ2) is 9.89. The van der Waals surface area contributed by atoms with Crippen LogP contribution in [0.1, 0.15) is 42.3 Å². The van der Waals surface area contributed by atoms with E-state index in [9.17, 15) is 13.2 Å². The van der Waals surface area contributed by atoms with Crippen LogP contribution < -0.4 is 10.0 Å². The molecule has 1 amide bonds. The minimum absolute atomic E-state index is 0.118. The molecule has 0 saturated carbocycles. The summed E-state index contributed by atoms with van der Waals surface area (Å²) in [4.78, 5) is 14.7. The quantitative estimate of drug-likeness (QED) is 0.654. The lowest BCUT2D eigenvalue weighted by Crippen LogP contribution is -2.38. The van der Waals surface area contributed by atoms with E-state index in [1.165, 1.54) is 24.3 Å². The summed E-state index contributed by atoms with van der Waals surface area (Å²) in [6.45, 7) is 12.4. The molecule has 0 unspecified atom stereocenters. The summed E-state index contributed by atoms with van der Waals surface area (Å²) in [5.74, 6) is -0.212. The minimum atomic E-state index is -3.72. The van der Waals surface area contributed by atoms with Crippen LogP contribution in [0, 0.1) is 13.8 Å². The van der Waals surface area contributed by atoms with Gasteiger partial charge in [0.25, 0.3) is 15.9 Å². The largest absolute Gasteiger partial charge is 0.351 e. The predicted octanol–water partition coefficient (Wildman–Crippen LogP) is 3.56. The van der Waals surface area contributed by atoms with Crippen LogP contribution in [-0.4, -0.2) is 44.9 Å². The number of likely N-dealkylation sites (N-methyl/N-ethyl adjacent to an activating group) is 1. The van der Waals surface area contributed by atoms with Crippen molar-refractivity contribution in [3.8, 4) is 0 Å². The lowest BCUT2D eigenvalue weighted by atomic mass is 10.1. The second-order valence-electron chi connectivity index (χ2n) is 7.36. The average molecular weight is 418 g/mol.